The van der Waals surface area contributed by atoms with Crippen LogP contribution in [0.25, 0.3) is 0 Å². The lowest BCUT2D eigenvalue weighted by atomic mass is 9.81. The fraction of sp³-hybridized carbons (Fsp3) is 0.929. The third kappa shape index (κ3) is 3.41. The Bertz CT molecular complexity index is 279. The SMILES string of the molecule is CCC(CC)(CN)C(=O)N1CCSC(C)(C)CC1. The zero-order chi connectivity index (χ0) is 13.8. The number of hydrogen-bond acceptors (Lipinski definition) is 3. The normalized spacial score (nSPS) is 20.6. The minimum absolute atomic E-state index is 0.272. The molecule has 2 N–H and O–H groups in total. The second-order valence-corrected chi connectivity index (χ2v) is 7.64. The number of hydrogen-bond donors (Lipinski definition) is 1. The molecule has 0 radical (unpaired) electrons. The summed E-state index contributed by atoms with van der Waals surface area (Å²) in [6.07, 6.45) is 2.75. The van der Waals surface area contributed by atoms with Crippen LogP contribution in [0.1, 0.15) is 47.0 Å². The molecular weight excluding hydrogens is 244 g/mol. The predicted octanol–water partition coefficient (Wildman–Crippen LogP) is 2.50. The molecule has 1 saturated heterocycles. The molecule has 106 valence electrons. The number of carbonyl (C=O) groups is 1. The lowest BCUT2D eigenvalue weighted by Gasteiger charge is -2.34. The Kier molecular flexibility index (Phi) is 5.53. The lowest BCUT2D eigenvalue weighted by molar-refractivity contribution is -0.142. The fourth-order valence-electron chi connectivity index (χ4n) is 2.49. The molecule has 18 heavy (non-hydrogen) atoms. The minimum Gasteiger partial charge on any atom is -0.341 e. The van der Waals surface area contributed by atoms with E-state index in [0.29, 0.717) is 11.3 Å². The summed E-state index contributed by atoms with van der Waals surface area (Å²) in [5.41, 5.74) is 5.54. The van der Waals surface area contributed by atoms with Crippen LogP contribution in [0.2, 0.25) is 0 Å². The van der Waals surface area contributed by atoms with Gasteiger partial charge in [0.1, 0.15) is 0 Å². The lowest BCUT2D eigenvalue weighted by Crippen LogP contribution is -2.48. The van der Waals surface area contributed by atoms with E-state index in [-0.39, 0.29) is 11.3 Å². The van der Waals surface area contributed by atoms with Crippen LogP contribution in [-0.4, -0.2) is 40.9 Å². The minimum atomic E-state index is -0.334. The van der Waals surface area contributed by atoms with Crippen molar-refractivity contribution < 1.29 is 4.79 Å². The zero-order valence-corrected chi connectivity index (χ0v) is 13.1. The molecule has 0 aromatic heterocycles. The first-order chi connectivity index (χ1) is 8.40. The van der Waals surface area contributed by atoms with Crippen LogP contribution in [-0.2, 0) is 4.79 Å². The van der Waals surface area contributed by atoms with E-state index in [9.17, 15) is 4.79 Å². The molecule has 1 heterocycles. The number of amides is 1. The highest BCUT2D eigenvalue weighted by molar-refractivity contribution is 8.00. The molecular formula is C14H28N2OS. The molecule has 0 spiro atoms. The summed E-state index contributed by atoms with van der Waals surface area (Å²) in [5, 5.41) is 0. The highest BCUT2D eigenvalue weighted by Gasteiger charge is 2.38. The van der Waals surface area contributed by atoms with E-state index in [1.165, 1.54) is 0 Å². The third-order valence-electron chi connectivity index (χ3n) is 4.32. The zero-order valence-electron chi connectivity index (χ0n) is 12.3. The molecule has 1 amide bonds. The van der Waals surface area contributed by atoms with Crippen molar-refractivity contribution in [2.75, 3.05) is 25.4 Å². The van der Waals surface area contributed by atoms with Gasteiger partial charge in [-0.15, -0.1) is 0 Å². The van der Waals surface area contributed by atoms with Crippen molar-refractivity contribution in [3.05, 3.63) is 0 Å². The highest BCUT2D eigenvalue weighted by atomic mass is 32.2. The molecule has 3 nitrogen and oxygen atoms in total. The Hall–Kier alpha value is -0.220. The topological polar surface area (TPSA) is 46.3 Å². The molecule has 0 atom stereocenters. The summed E-state index contributed by atoms with van der Waals surface area (Å²) in [6.45, 7) is 10.9. The first-order valence-electron chi connectivity index (χ1n) is 7.04. The van der Waals surface area contributed by atoms with Crippen molar-refractivity contribution >= 4 is 17.7 Å². The Morgan fingerprint density at radius 2 is 1.94 bits per heavy atom. The van der Waals surface area contributed by atoms with Gasteiger partial charge in [-0.2, -0.15) is 11.8 Å². The van der Waals surface area contributed by atoms with E-state index < -0.39 is 0 Å². The van der Waals surface area contributed by atoms with Gasteiger partial charge in [-0.3, -0.25) is 4.79 Å². The van der Waals surface area contributed by atoms with Gasteiger partial charge in [-0.25, -0.2) is 0 Å². The summed E-state index contributed by atoms with van der Waals surface area (Å²) in [6, 6.07) is 0. The molecule has 1 aliphatic rings. The fourth-order valence-corrected chi connectivity index (χ4v) is 3.59. The second kappa shape index (κ2) is 6.29. The van der Waals surface area contributed by atoms with Crippen molar-refractivity contribution in [3.63, 3.8) is 0 Å². The van der Waals surface area contributed by atoms with Crippen LogP contribution in [0.5, 0.6) is 0 Å². The second-order valence-electron chi connectivity index (χ2n) is 5.84. The molecule has 0 aromatic carbocycles. The van der Waals surface area contributed by atoms with Gasteiger partial charge in [0, 0.05) is 30.1 Å². The molecule has 0 unspecified atom stereocenters. The molecule has 0 bridgehead atoms. The summed E-state index contributed by atoms with van der Waals surface area (Å²) in [5.74, 6) is 1.31. The number of rotatable bonds is 4. The highest BCUT2D eigenvalue weighted by Crippen LogP contribution is 2.33. The van der Waals surface area contributed by atoms with Crippen LogP contribution in [0, 0.1) is 5.41 Å². The maximum atomic E-state index is 12.7. The summed E-state index contributed by atoms with van der Waals surface area (Å²) >= 11 is 1.97. The van der Waals surface area contributed by atoms with E-state index in [1.807, 2.05) is 16.7 Å². The van der Waals surface area contributed by atoms with Crippen molar-refractivity contribution in [2.24, 2.45) is 11.1 Å². The third-order valence-corrected chi connectivity index (χ3v) is 5.70. The van der Waals surface area contributed by atoms with Gasteiger partial charge < -0.3 is 10.6 Å². The molecule has 1 fully saturated rings. The van der Waals surface area contributed by atoms with Crippen LogP contribution in [0.15, 0.2) is 0 Å². The maximum absolute atomic E-state index is 12.7. The maximum Gasteiger partial charge on any atom is 0.230 e. The predicted molar refractivity (Wildman–Crippen MR) is 79.8 cm³/mol. The van der Waals surface area contributed by atoms with Gasteiger partial charge in [-0.1, -0.05) is 27.7 Å². The molecule has 0 aromatic rings. The molecule has 1 aliphatic heterocycles. The van der Waals surface area contributed by atoms with Gasteiger partial charge in [0.25, 0.3) is 0 Å². The Morgan fingerprint density at radius 1 is 1.33 bits per heavy atom. The monoisotopic (exact) mass is 272 g/mol. The number of thioether (sulfide) groups is 1. The quantitative estimate of drug-likeness (QED) is 0.855. The Morgan fingerprint density at radius 3 is 2.44 bits per heavy atom. The summed E-state index contributed by atoms with van der Waals surface area (Å²) in [7, 11) is 0. The molecule has 1 rings (SSSR count). The van der Waals surface area contributed by atoms with E-state index in [4.69, 9.17) is 5.73 Å². The van der Waals surface area contributed by atoms with Gasteiger partial charge in [0.05, 0.1) is 5.41 Å². The van der Waals surface area contributed by atoms with Crippen molar-refractivity contribution in [3.8, 4) is 0 Å². The van der Waals surface area contributed by atoms with E-state index in [1.54, 1.807) is 0 Å². The molecule has 4 heteroatoms. The van der Waals surface area contributed by atoms with Crippen LogP contribution in [0.3, 0.4) is 0 Å². The Labute approximate surface area is 116 Å². The van der Waals surface area contributed by atoms with E-state index >= 15 is 0 Å². The number of nitrogens with two attached hydrogens (primary N) is 1. The number of nitrogens with zero attached hydrogens (tertiary/aromatic N) is 1. The van der Waals surface area contributed by atoms with Crippen LogP contribution >= 0.6 is 11.8 Å². The van der Waals surface area contributed by atoms with E-state index in [0.717, 1.165) is 38.1 Å². The van der Waals surface area contributed by atoms with Gasteiger partial charge in [-0.05, 0) is 19.3 Å². The smallest absolute Gasteiger partial charge is 0.230 e. The largest absolute Gasteiger partial charge is 0.341 e. The molecule has 0 aliphatic carbocycles. The first kappa shape index (κ1) is 15.8. The number of carbonyl (C=O) groups excluding carboxylic acids is 1. The van der Waals surface area contributed by atoms with E-state index in [2.05, 4.69) is 27.7 Å². The van der Waals surface area contributed by atoms with Crippen molar-refractivity contribution in [1.29, 1.82) is 0 Å². The van der Waals surface area contributed by atoms with Gasteiger partial charge in [0.15, 0.2) is 0 Å². The average molecular weight is 272 g/mol. The first-order valence-corrected chi connectivity index (χ1v) is 8.03. The van der Waals surface area contributed by atoms with Crippen molar-refractivity contribution in [1.82, 2.24) is 4.90 Å². The summed E-state index contributed by atoms with van der Waals surface area (Å²) in [4.78, 5) is 14.8. The molecule has 0 saturated carbocycles. The Balaban J connectivity index is 2.77. The standard InChI is InChI=1S/C14H28N2OS/c1-5-14(6-2,11-15)12(17)16-8-7-13(3,4)18-10-9-16/h5-11,15H2,1-4H3. The van der Waals surface area contributed by atoms with Gasteiger partial charge >= 0.3 is 0 Å². The van der Waals surface area contributed by atoms with Crippen LogP contribution in [0.4, 0.5) is 0 Å². The van der Waals surface area contributed by atoms with Crippen molar-refractivity contribution in [2.45, 2.75) is 51.7 Å². The van der Waals surface area contributed by atoms with Crippen LogP contribution < -0.4 is 5.73 Å². The van der Waals surface area contributed by atoms with Gasteiger partial charge in [0.2, 0.25) is 5.91 Å². The summed E-state index contributed by atoms with van der Waals surface area (Å²) < 4.78 is 0.291. The average Bonchev–Trinajstić information content (AvgIpc) is 2.53.